The molecule has 0 aliphatic carbocycles. The average molecular weight is 549 g/mol. The molecule has 0 unspecified atom stereocenters. The van der Waals surface area contributed by atoms with Gasteiger partial charge in [0, 0.05) is 38.2 Å². The summed E-state index contributed by atoms with van der Waals surface area (Å²) in [4.78, 5) is 17.2. The average Bonchev–Trinajstić information content (AvgIpc) is 3.28. The molecule has 0 atom stereocenters. The fraction of sp³-hybridized carbons (Fsp3) is 0.160. The molecule has 200 valence electrons. The second-order valence-corrected chi connectivity index (χ2v) is 10.9. The molecule has 0 aliphatic rings. The SMILES string of the molecule is CN(C)S(=O)(=O)N(Cc1ccncc1)c1c(N)nc(-c2nn(Cc3ccccc3F)c3ncccc23)nc1N. The maximum Gasteiger partial charge on any atom is 0.304 e. The summed E-state index contributed by atoms with van der Waals surface area (Å²) in [5, 5.41) is 5.19. The van der Waals surface area contributed by atoms with Crippen LogP contribution in [0.3, 0.4) is 0 Å². The number of nitrogen functional groups attached to an aromatic ring is 2. The van der Waals surface area contributed by atoms with Crippen LogP contribution in [-0.2, 0) is 23.3 Å². The molecule has 5 rings (SSSR count). The van der Waals surface area contributed by atoms with E-state index in [0.29, 0.717) is 27.9 Å². The molecule has 1 aromatic carbocycles. The molecule has 39 heavy (non-hydrogen) atoms. The first kappa shape index (κ1) is 25.9. The quantitative estimate of drug-likeness (QED) is 0.297. The van der Waals surface area contributed by atoms with Crippen LogP contribution in [0.2, 0.25) is 0 Å². The normalized spacial score (nSPS) is 11.8. The molecule has 0 saturated heterocycles. The van der Waals surface area contributed by atoms with Gasteiger partial charge in [0.1, 0.15) is 17.2 Å². The van der Waals surface area contributed by atoms with Crippen LogP contribution >= 0.6 is 0 Å². The van der Waals surface area contributed by atoms with E-state index in [-0.39, 0.29) is 42.1 Å². The molecule has 0 fully saturated rings. The Morgan fingerprint density at radius 1 is 0.949 bits per heavy atom. The molecule has 12 nitrogen and oxygen atoms in total. The minimum atomic E-state index is -4.04. The van der Waals surface area contributed by atoms with E-state index in [0.717, 1.165) is 8.61 Å². The first-order valence-electron chi connectivity index (χ1n) is 11.7. The highest BCUT2D eigenvalue weighted by molar-refractivity contribution is 7.90. The molecule has 0 bridgehead atoms. The predicted octanol–water partition coefficient (Wildman–Crippen LogP) is 2.45. The summed E-state index contributed by atoms with van der Waals surface area (Å²) < 4.78 is 44.6. The predicted molar refractivity (Wildman–Crippen MR) is 146 cm³/mol. The Morgan fingerprint density at radius 3 is 2.31 bits per heavy atom. The summed E-state index contributed by atoms with van der Waals surface area (Å²) in [6, 6.07) is 13.2. The van der Waals surface area contributed by atoms with Gasteiger partial charge in [-0.1, -0.05) is 18.2 Å². The Balaban J connectivity index is 1.61. The number of fused-ring (bicyclic) bond motifs is 1. The van der Waals surface area contributed by atoms with E-state index >= 15 is 0 Å². The van der Waals surface area contributed by atoms with E-state index in [9.17, 15) is 12.8 Å². The van der Waals surface area contributed by atoms with Crippen LogP contribution in [0, 0.1) is 5.82 Å². The van der Waals surface area contributed by atoms with E-state index < -0.39 is 10.2 Å². The third-order valence-electron chi connectivity index (χ3n) is 6.00. The fourth-order valence-corrected chi connectivity index (χ4v) is 5.18. The molecule has 4 N–H and O–H groups in total. The molecular weight excluding hydrogens is 523 g/mol. The van der Waals surface area contributed by atoms with Crippen LogP contribution in [-0.4, -0.2) is 56.5 Å². The van der Waals surface area contributed by atoms with E-state index in [2.05, 4.69) is 25.0 Å². The van der Waals surface area contributed by atoms with Crippen molar-refractivity contribution in [2.24, 2.45) is 0 Å². The second kappa shape index (κ2) is 10.2. The van der Waals surface area contributed by atoms with Gasteiger partial charge in [-0.05, 0) is 35.9 Å². The number of hydrogen-bond acceptors (Lipinski definition) is 9. The van der Waals surface area contributed by atoms with Crippen LogP contribution in [0.4, 0.5) is 21.7 Å². The van der Waals surface area contributed by atoms with Crippen molar-refractivity contribution < 1.29 is 12.8 Å². The number of hydrogen-bond donors (Lipinski definition) is 2. The highest BCUT2D eigenvalue weighted by Crippen LogP contribution is 2.35. The summed E-state index contributed by atoms with van der Waals surface area (Å²) in [6.45, 7) is 0.0360. The van der Waals surface area contributed by atoms with Gasteiger partial charge in [0.25, 0.3) is 0 Å². The highest BCUT2D eigenvalue weighted by Gasteiger charge is 2.31. The third kappa shape index (κ3) is 4.94. The number of aromatic nitrogens is 6. The number of nitrogens with two attached hydrogens (primary N) is 2. The minimum absolute atomic E-state index is 0.0579. The van der Waals surface area contributed by atoms with Crippen molar-refractivity contribution in [3.8, 4) is 11.5 Å². The Morgan fingerprint density at radius 2 is 1.64 bits per heavy atom. The molecule has 5 aromatic rings. The van der Waals surface area contributed by atoms with Crippen LogP contribution in [0.1, 0.15) is 11.1 Å². The topological polar surface area (TPSA) is 162 Å². The number of nitrogens with zero attached hydrogens (tertiary/aromatic N) is 8. The lowest BCUT2D eigenvalue weighted by Crippen LogP contribution is -2.40. The van der Waals surface area contributed by atoms with Crippen LogP contribution in [0.15, 0.2) is 67.1 Å². The summed E-state index contributed by atoms with van der Waals surface area (Å²) >= 11 is 0. The molecule has 4 heterocycles. The maximum atomic E-state index is 14.4. The number of rotatable bonds is 8. The monoisotopic (exact) mass is 548 g/mol. The molecule has 0 amide bonds. The second-order valence-electron chi connectivity index (χ2n) is 8.79. The molecule has 0 aliphatic heterocycles. The Labute approximate surface area is 223 Å². The largest absolute Gasteiger partial charge is 0.382 e. The Hall–Kier alpha value is -4.69. The van der Waals surface area contributed by atoms with Gasteiger partial charge < -0.3 is 11.5 Å². The van der Waals surface area contributed by atoms with Gasteiger partial charge in [-0.15, -0.1) is 0 Å². The first-order valence-corrected chi connectivity index (χ1v) is 13.1. The van der Waals surface area contributed by atoms with Gasteiger partial charge in [-0.25, -0.2) is 28.3 Å². The number of pyridine rings is 2. The van der Waals surface area contributed by atoms with Crippen molar-refractivity contribution in [2.75, 3.05) is 29.9 Å². The van der Waals surface area contributed by atoms with Crippen molar-refractivity contribution in [3.63, 3.8) is 0 Å². The fourth-order valence-electron chi connectivity index (χ4n) is 4.05. The van der Waals surface area contributed by atoms with Crippen molar-refractivity contribution in [1.82, 2.24) is 34.0 Å². The summed E-state index contributed by atoms with van der Waals surface area (Å²) in [7, 11) is -1.24. The highest BCUT2D eigenvalue weighted by atomic mass is 32.2. The Bertz CT molecular complexity index is 1740. The van der Waals surface area contributed by atoms with Crippen molar-refractivity contribution in [2.45, 2.75) is 13.1 Å². The van der Waals surface area contributed by atoms with Crippen LogP contribution in [0.25, 0.3) is 22.6 Å². The Kier molecular flexibility index (Phi) is 6.80. The zero-order chi connectivity index (χ0) is 27.7. The first-order chi connectivity index (χ1) is 18.7. The van der Waals surface area contributed by atoms with Gasteiger partial charge in [-0.2, -0.15) is 17.8 Å². The van der Waals surface area contributed by atoms with E-state index in [1.807, 2.05) is 0 Å². The van der Waals surface area contributed by atoms with E-state index in [1.165, 1.54) is 20.2 Å². The van der Waals surface area contributed by atoms with E-state index in [1.54, 1.807) is 65.7 Å². The molecule has 4 aromatic heterocycles. The molecule has 0 saturated carbocycles. The zero-order valence-electron chi connectivity index (χ0n) is 21.1. The smallest absolute Gasteiger partial charge is 0.304 e. The van der Waals surface area contributed by atoms with Gasteiger partial charge >= 0.3 is 10.2 Å². The van der Waals surface area contributed by atoms with Gasteiger partial charge in [0.05, 0.1) is 18.5 Å². The number of benzene rings is 1. The standard InChI is InChI=1S/C25H25FN10O2S/c1-34(2)39(37,38)36(14-16-9-12-29-13-10-16)21-22(27)31-24(32-23(21)28)20-18-7-5-11-30-25(18)35(33-20)15-17-6-3-4-8-19(17)26/h3-13H,14-15H2,1-2H3,(H4,27,28,31,32). The summed E-state index contributed by atoms with van der Waals surface area (Å²) in [6.07, 6.45) is 4.71. The summed E-state index contributed by atoms with van der Waals surface area (Å²) in [5.41, 5.74) is 14.5. The number of halogens is 1. The van der Waals surface area contributed by atoms with Crippen LogP contribution in [0.5, 0.6) is 0 Å². The van der Waals surface area contributed by atoms with Gasteiger partial charge in [-0.3, -0.25) is 4.98 Å². The lowest BCUT2D eigenvalue weighted by atomic mass is 10.2. The molecule has 14 heteroatoms. The zero-order valence-corrected chi connectivity index (χ0v) is 21.9. The minimum Gasteiger partial charge on any atom is -0.382 e. The van der Waals surface area contributed by atoms with Gasteiger partial charge in [0.15, 0.2) is 23.1 Å². The third-order valence-corrected chi connectivity index (χ3v) is 7.79. The summed E-state index contributed by atoms with van der Waals surface area (Å²) in [5.74, 6) is -0.607. The lowest BCUT2D eigenvalue weighted by molar-refractivity contribution is 0.515. The van der Waals surface area contributed by atoms with Gasteiger partial charge in [0.2, 0.25) is 0 Å². The van der Waals surface area contributed by atoms with Crippen molar-refractivity contribution in [3.05, 3.63) is 84.1 Å². The maximum absolute atomic E-state index is 14.4. The van der Waals surface area contributed by atoms with Crippen molar-refractivity contribution in [1.29, 1.82) is 0 Å². The number of anilines is 3. The molecular formula is C25H25FN10O2S. The van der Waals surface area contributed by atoms with Crippen molar-refractivity contribution >= 4 is 38.6 Å². The molecule has 0 spiro atoms. The molecule has 0 radical (unpaired) electrons. The van der Waals surface area contributed by atoms with Crippen LogP contribution < -0.4 is 15.8 Å². The van der Waals surface area contributed by atoms with E-state index in [4.69, 9.17) is 11.5 Å². The lowest BCUT2D eigenvalue weighted by Gasteiger charge is -2.28.